The van der Waals surface area contributed by atoms with Crippen LogP contribution in [0, 0.1) is 0 Å². The smallest absolute Gasteiger partial charge is 0.287 e. The van der Waals surface area contributed by atoms with Gasteiger partial charge in [0.2, 0.25) is 0 Å². The second-order valence-electron chi connectivity index (χ2n) is 3.38. The molecule has 1 heterocycles. The average molecular weight is 196 g/mol. The van der Waals surface area contributed by atoms with E-state index in [4.69, 9.17) is 5.73 Å². The second kappa shape index (κ2) is 4.76. The number of nitrogens with zero attached hydrogens (tertiary/aromatic N) is 2. The molecular weight excluding hydrogens is 180 g/mol. The lowest BCUT2D eigenvalue weighted by molar-refractivity contribution is 0.0939. The van der Waals surface area contributed by atoms with Gasteiger partial charge in [-0.2, -0.15) is 0 Å². The molecule has 0 aliphatic rings. The summed E-state index contributed by atoms with van der Waals surface area (Å²) in [6.45, 7) is 2.50. The number of nitrogens with one attached hydrogen (secondary N) is 1. The lowest BCUT2D eigenvalue weighted by atomic mass is 10.2. The van der Waals surface area contributed by atoms with Gasteiger partial charge < -0.3 is 15.6 Å². The van der Waals surface area contributed by atoms with Gasteiger partial charge in [0.25, 0.3) is 5.91 Å². The van der Waals surface area contributed by atoms with Gasteiger partial charge in [-0.25, -0.2) is 4.98 Å². The molecule has 1 amide bonds. The summed E-state index contributed by atoms with van der Waals surface area (Å²) in [6.07, 6.45) is 4.11. The van der Waals surface area contributed by atoms with E-state index in [-0.39, 0.29) is 11.9 Å². The molecule has 5 heteroatoms. The van der Waals surface area contributed by atoms with E-state index in [1.54, 1.807) is 24.0 Å². The van der Waals surface area contributed by atoms with Gasteiger partial charge >= 0.3 is 0 Å². The van der Waals surface area contributed by atoms with Crippen molar-refractivity contribution in [2.45, 2.75) is 19.4 Å². The highest BCUT2D eigenvalue weighted by Crippen LogP contribution is 1.93. The number of nitrogens with two attached hydrogens (primary N) is 1. The number of amides is 1. The summed E-state index contributed by atoms with van der Waals surface area (Å²) in [5, 5.41) is 2.75. The fourth-order valence-electron chi connectivity index (χ4n) is 1.08. The first-order valence-corrected chi connectivity index (χ1v) is 4.62. The van der Waals surface area contributed by atoms with E-state index in [9.17, 15) is 4.79 Å². The summed E-state index contributed by atoms with van der Waals surface area (Å²) in [6, 6.07) is 0.108. The van der Waals surface area contributed by atoms with E-state index in [0.717, 1.165) is 6.42 Å². The number of hydrogen-bond acceptors (Lipinski definition) is 3. The van der Waals surface area contributed by atoms with Gasteiger partial charge in [-0.05, 0) is 13.3 Å². The van der Waals surface area contributed by atoms with Crippen LogP contribution < -0.4 is 11.1 Å². The molecule has 1 unspecified atom stereocenters. The highest BCUT2D eigenvalue weighted by molar-refractivity contribution is 5.90. The number of rotatable bonds is 4. The van der Waals surface area contributed by atoms with Gasteiger partial charge in [-0.15, -0.1) is 0 Å². The van der Waals surface area contributed by atoms with Crippen LogP contribution >= 0.6 is 0 Å². The molecule has 0 bridgehead atoms. The summed E-state index contributed by atoms with van der Waals surface area (Å²) in [5.74, 6) is 0.271. The number of hydrogen-bond donors (Lipinski definition) is 2. The maximum absolute atomic E-state index is 11.5. The van der Waals surface area contributed by atoms with Crippen LogP contribution in [0.2, 0.25) is 0 Å². The minimum atomic E-state index is -0.154. The molecule has 0 saturated carbocycles. The number of carbonyl (C=O) groups is 1. The van der Waals surface area contributed by atoms with Crippen LogP contribution in [0.4, 0.5) is 0 Å². The summed E-state index contributed by atoms with van der Waals surface area (Å²) in [4.78, 5) is 15.4. The second-order valence-corrected chi connectivity index (χ2v) is 3.38. The van der Waals surface area contributed by atoms with Gasteiger partial charge in [0, 0.05) is 32.0 Å². The van der Waals surface area contributed by atoms with E-state index < -0.39 is 0 Å². The summed E-state index contributed by atoms with van der Waals surface area (Å²) in [5.41, 5.74) is 5.56. The van der Waals surface area contributed by atoms with Crippen LogP contribution in [0.1, 0.15) is 24.0 Å². The molecule has 78 valence electrons. The van der Waals surface area contributed by atoms with Crippen molar-refractivity contribution in [2.75, 3.05) is 6.54 Å². The number of carbonyl (C=O) groups excluding carboxylic acids is 1. The summed E-state index contributed by atoms with van der Waals surface area (Å²) in [7, 11) is 1.79. The zero-order valence-electron chi connectivity index (χ0n) is 8.53. The normalized spacial score (nSPS) is 12.5. The van der Waals surface area contributed by atoms with Crippen molar-refractivity contribution in [3.8, 4) is 0 Å². The zero-order chi connectivity index (χ0) is 10.6. The SMILES string of the molecule is CC(N)CCNC(=O)c1nccn1C. The molecule has 1 aromatic rings. The first-order chi connectivity index (χ1) is 6.61. The predicted molar refractivity (Wildman–Crippen MR) is 53.8 cm³/mol. The Morgan fingerprint density at radius 1 is 1.79 bits per heavy atom. The third-order valence-corrected chi connectivity index (χ3v) is 1.91. The van der Waals surface area contributed by atoms with Gasteiger partial charge in [0.1, 0.15) is 0 Å². The zero-order valence-corrected chi connectivity index (χ0v) is 8.53. The molecule has 14 heavy (non-hydrogen) atoms. The predicted octanol–water partition coefficient (Wildman–Crippen LogP) is -0.113. The molecule has 1 aromatic heterocycles. The van der Waals surface area contributed by atoms with E-state index in [2.05, 4.69) is 10.3 Å². The van der Waals surface area contributed by atoms with E-state index >= 15 is 0 Å². The highest BCUT2D eigenvalue weighted by Gasteiger charge is 2.09. The lowest BCUT2D eigenvalue weighted by Gasteiger charge is -2.06. The Kier molecular flexibility index (Phi) is 3.64. The van der Waals surface area contributed by atoms with E-state index in [1.165, 1.54) is 0 Å². The molecule has 0 spiro atoms. The maximum Gasteiger partial charge on any atom is 0.287 e. The summed E-state index contributed by atoms with van der Waals surface area (Å²) < 4.78 is 1.68. The lowest BCUT2D eigenvalue weighted by Crippen LogP contribution is -2.30. The van der Waals surface area contributed by atoms with Crippen molar-refractivity contribution >= 4 is 5.91 Å². The Hall–Kier alpha value is -1.36. The molecule has 0 fully saturated rings. The fraction of sp³-hybridized carbons (Fsp3) is 0.556. The average Bonchev–Trinajstić information content (AvgIpc) is 2.50. The maximum atomic E-state index is 11.5. The van der Waals surface area contributed by atoms with Gasteiger partial charge in [0.05, 0.1) is 0 Å². The van der Waals surface area contributed by atoms with Crippen LogP contribution in [0.3, 0.4) is 0 Å². The van der Waals surface area contributed by atoms with Gasteiger partial charge in [-0.1, -0.05) is 0 Å². The summed E-state index contributed by atoms with van der Waals surface area (Å²) >= 11 is 0. The molecule has 5 nitrogen and oxygen atoms in total. The standard InChI is InChI=1S/C9H16N4O/c1-7(10)3-4-12-9(14)8-11-5-6-13(8)2/h5-7H,3-4,10H2,1-2H3,(H,12,14). The number of aromatic nitrogens is 2. The molecule has 1 rings (SSSR count). The minimum Gasteiger partial charge on any atom is -0.349 e. The number of imidazole rings is 1. The van der Waals surface area contributed by atoms with Crippen molar-refractivity contribution in [1.29, 1.82) is 0 Å². The molecule has 3 N–H and O–H groups in total. The molecule has 0 aromatic carbocycles. The van der Waals surface area contributed by atoms with Crippen LogP contribution in [0.25, 0.3) is 0 Å². The van der Waals surface area contributed by atoms with Crippen molar-refractivity contribution in [1.82, 2.24) is 14.9 Å². The Balaban J connectivity index is 2.40. The Bertz CT molecular complexity index is 306. The fourth-order valence-corrected chi connectivity index (χ4v) is 1.08. The van der Waals surface area contributed by atoms with Crippen molar-refractivity contribution in [2.24, 2.45) is 12.8 Å². The number of aryl methyl sites for hydroxylation is 1. The van der Waals surface area contributed by atoms with Gasteiger partial charge in [0.15, 0.2) is 5.82 Å². The molecular formula is C9H16N4O. The third-order valence-electron chi connectivity index (χ3n) is 1.91. The quantitative estimate of drug-likeness (QED) is 0.705. The highest BCUT2D eigenvalue weighted by atomic mass is 16.2. The Morgan fingerprint density at radius 2 is 2.50 bits per heavy atom. The van der Waals surface area contributed by atoms with Crippen molar-refractivity contribution < 1.29 is 4.79 Å². The monoisotopic (exact) mass is 196 g/mol. The first kappa shape index (κ1) is 10.7. The van der Waals surface area contributed by atoms with Crippen LogP contribution in [-0.4, -0.2) is 28.0 Å². The van der Waals surface area contributed by atoms with E-state index in [1.807, 2.05) is 6.92 Å². The Labute approximate surface area is 83.3 Å². The molecule has 0 radical (unpaired) electrons. The largest absolute Gasteiger partial charge is 0.349 e. The van der Waals surface area contributed by atoms with Crippen LogP contribution in [-0.2, 0) is 7.05 Å². The topological polar surface area (TPSA) is 72.9 Å². The minimum absolute atomic E-state index is 0.108. The van der Waals surface area contributed by atoms with Crippen LogP contribution in [0.5, 0.6) is 0 Å². The van der Waals surface area contributed by atoms with E-state index in [0.29, 0.717) is 12.4 Å². The third kappa shape index (κ3) is 2.85. The molecule has 0 aliphatic carbocycles. The first-order valence-electron chi connectivity index (χ1n) is 4.62. The molecule has 1 atom stereocenters. The van der Waals surface area contributed by atoms with Crippen LogP contribution in [0.15, 0.2) is 12.4 Å². The van der Waals surface area contributed by atoms with Crippen molar-refractivity contribution in [3.63, 3.8) is 0 Å². The Morgan fingerprint density at radius 3 is 3.00 bits per heavy atom. The molecule has 0 saturated heterocycles. The van der Waals surface area contributed by atoms with Gasteiger partial charge in [-0.3, -0.25) is 4.79 Å². The van der Waals surface area contributed by atoms with Crippen molar-refractivity contribution in [3.05, 3.63) is 18.2 Å². The molecule has 0 aliphatic heterocycles.